The molecule has 3 rings (SSSR count). The van der Waals surface area contributed by atoms with Crippen molar-refractivity contribution in [3.63, 3.8) is 0 Å². The number of nitrogens with zero attached hydrogens (tertiary/aromatic N) is 1. The number of amides is 4. The van der Waals surface area contributed by atoms with Crippen LogP contribution in [0.2, 0.25) is 0 Å². The van der Waals surface area contributed by atoms with E-state index in [0.29, 0.717) is 12.2 Å². The summed E-state index contributed by atoms with van der Waals surface area (Å²) in [6, 6.07) is 10.1. The smallest absolute Gasteiger partial charge is 0.321 e. The highest BCUT2D eigenvalue weighted by Gasteiger charge is 2.46. The molecule has 1 aliphatic heterocycles. The number of anilines is 1. The SMILES string of the molecule is CCNC(=O)NC(=O)COC(=O)[C@@H]1CC(=O)N(c2ccc(C)cc2)[C@H]1c1cccs1. The summed E-state index contributed by atoms with van der Waals surface area (Å²) in [5.74, 6) is -2.33. The van der Waals surface area contributed by atoms with Crippen molar-refractivity contribution in [1.29, 1.82) is 0 Å². The van der Waals surface area contributed by atoms with Gasteiger partial charge in [0.25, 0.3) is 5.91 Å². The van der Waals surface area contributed by atoms with E-state index in [-0.39, 0.29) is 12.3 Å². The first-order valence-electron chi connectivity index (χ1n) is 9.57. The normalized spacial score (nSPS) is 18.2. The van der Waals surface area contributed by atoms with Crippen LogP contribution in [0, 0.1) is 12.8 Å². The lowest BCUT2D eigenvalue weighted by Gasteiger charge is -2.27. The maximum atomic E-state index is 12.8. The molecule has 1 saturated heterocycles. The zero-order valence-electron chi connectivity index (χ0n) is 16.7. The first-order valence-corrected chi connectivity index (χ1v) is 10.4. The molecule has 0 unspecified atom stereocenters. The standard InChI is InChI=1S/C21H23N3O5S/c1-3-22-21(28)23-17(25)12-29-20(27)15-11-18(26)24(14-8-6-13(2)7-9-14)19(15)16-5-4-10-30-16/h4-10,15,19H,3,11-12H2,1-2H3,(H2,22,23,25,28)/t15-,19-/m1/s1. The topological polar surface area (TPSA) is 105 Å². The van der Waals surface area contributed by atoms with E-state index in [1.54, 1.807) is 11.8 Å². The summed E-state index contributed by atoms with van der Waals surface area (Å²) < 4.78 is 5.14. The first-order chi connectivity index (χ1) is 14.4. The molecule has 158 valence electrons. The molecule has 2 N–H and O–H groups in total. The van der Waals surface area contributed by atoms with Crippen LogP contribution in [-0.2, 0) is 19.1 Å². The van der Waals surface area contributed by atoms with E-state index in [4.69, 9.17) is 4.74 Å². The van der Waals surface area contributed by atoms with Gasteiger partial charge in [-0.1, -0.05) is 23.8 Å². The minimum absolute atomic E-state index is 0.0206. The molecule has 4 amide bonds. The van der Waals surface area contributed by atoms with E-state index in [0.717, 1.165) is 10.4 Å². The Morgan fingerprint density at radius 3 is 2.57 bits per heavy atom. The van der Waals surface area contributed by atoms with Crippen molar-refractivity contribution >= 4 is 40.8 Å². The number of urea groups is 1. The van der Waals surface area contributed by atoms with Crippen molar-refractivity contribution < 1.29 is 23.9 Å². The zero-order chi connectivity index (χ0) is 21.7. The van der Waals surface area contributed by atoms with Crippen LogP contribution in [0.4, 0.5) is 10.5 Å². The van der Waals surface area contributed by atoms with Gasteiger partial charge in [0.05, 0.1) is 12.0 Å². The molecule has 0 radical (unpaired) electrons. The molecular formula is C21H23N3O5S. The van der Waals surface area contributed by atoms with Crippen molar-refractivity contribution in [1.82, 2.24) is 10.6 Å². The lowest BCUT2D eigenvalue weighted by atomic mass is 9.99. The van der Waals surface area contributed by atoms with E-state index < -0.39 is 36.5 Å². The van der Waals surface area contributed by atoms with E-state index >= 15 is 0 Å². The fourth-order valence-electron chi connectivity index (χ4n) is 3.35. The molecule has 0 saturated carbocycles. The van der Waals surface area contributed by atoms with Gasteiger partial charge in [-0.05, 0) is 37.4 Å². The predicted octanol–water partition coefficient (Wildman–Crippen LogP) is 2.54. The second kappa shape index (κ2) is 9.53. The van der Waals surface area contributed by atoms with Gasteiger partial charge >= 0.3 is 12.0 Å². The number of hydrogen-bond donors (Lipinski definition) is 2. The number of carbonyl (C=O) groups excluding carboxylic acids is 4. The molecule has 2 atom stereocenters. The largest absolute Gasteiger partial charge is 0.455 e. The van der Waals surface area contributed by atoms with Gasteiger partial charge in [-0.3, -0.25) is 19.7 Å². The van der Waals surface area contributed by atoms with Gasteiger partial charge < -0.3 is 15.0 Å². The van der Waals surface area contributed by atoms with Crippen LogP contribution in [0.5, 0.6) is 0 Å². The van der Waals surface area contributed by atoms with Crippen LogP contribution < -0.4 is 15.5 Å². The van der Waals surface area contributed by atoms with Crippen LogP contribution in [0.25, 0.3) is 0 Å². The number of rotatable bonds is 6. The van der Waals surface area contributed by atoms with E-state index in [1.165, 1.54) is 11.3 Å². The maximum Gasteiger partial charge on any atom is 0.321 e. The molecule has 1 aromatic heterocycles. The molecule has 1 aromatic carbocycles. The van der Waals surface area contributed by atoms with Gasteiger partial charge in [0.2, 0.25) is 5.91 Å². The second-order valence-corrected chi connectivity index (χ2v) is 7.86. The Morgan fingerprint density at radius 1 is 1.20 bits per heavy atom. The number of esters is 1. The summed E-state index contributed by atoms with van der Waals surface area (Å²) in [7, 11) is 0. The predicted molar refractivity (Wildman–Crippen MR) is 112 cm³/mol. The van der Waals surface area contributed by atoms with Crippen molar-refractivity contribution in [2.75, 3.05) is 18.1 Å². The van der Waals surface area contributed by atoms with Gasteiger partial charge in [0.15, 0.2) is 6.61 Å². The molecule has 30 heavy (non-hydrogen) atoms. The molecular weight excluding hydrogens is 406 g/mol. The first kappa shape index (κ1) is 21.5. The van der Waals surface area contributed by atoms with Crippen molar-refractivity contribution in [3.05, 3.63) is 52.2 Å². The minimum atomic E-state index is -0.755. The monoisotopic (exact) mass is 429 g/mol. The Balaban J connectivity index is 1.75. The van der Waals surface area contributed by atoms with Gasteiger partial charge in [-0.15, -0.1) is 11.3 Å². The third-order valence-corrected chi connectivity index (χ3v) is 5.65. The van der Waals surface area contributed by atoms with Gasteiger partial charge in [-0.2, -0.15) is 0 Å². The number of thiophene rings is 1. The third kappa shape index (κ3) is 4.85. The average Bonchev–Trinajstić information content (AvgIpc) is 3.34. The molecule has 0 bridgehead atoms. The van der Waals surface area contributed by atoms with Crippen LogP contribution in [-0.4, -0.2) is 37.0 Å². The van der Waals surface area contributed by atoms with Crippen molar-refractivity contribution in [3.8, 4) is 0 Å². The Hall–Kier alpha value is -3.20. The quantitative estimate of drug-likeness (QED) is 0.687. The molecule has 2 heterocycles. The Bertz CT molecular complexity index is 927. The summed E-state index contributed by atoms with van der Waals surface area (Å²) in [6.07, 6.45) is -0.0206. The van der Waals surface area contributed by atoms with E-state index in [2.05, 4.69) is 10.6 Å². The number of ether oxygens (including phenoxy) is 1. The summed E-state index contributed by atoms with van der Waals surface area (Å²) >= 11 is 1.45. The molecule has 0 spiro atoms. The highest BCUT2D eigenvalue weighted by Crippen LogP contribution is 2.43. The van der Waals surface area contributed by atoms with E-state index in [9.17, 15) is 19.2 Å². The van der Waals surface area contributed by atoms with Crippen LogP contribution in [0.3, 0.4) is 0 Å². The number of imide groups is 1. The number of aryl methyl sites for hydroxylation is 1. The molecule has 0 aliphatic carbocycles. The zero-order valence-corrected chi connectivity index (χ0v) is 17.5. The van der Waals surface area contributed by atoms with Crippen molar-refractivity contribution in [2.45, 2.75) is 26.3 Å². The summed E-state index contributed by atoms with van der Waals surface area (Å²) in [4.78, 5) is 51.3. The fraction of sp³-hybridized carbons (Fsp3) is 0.333. The Kier molecular flexibility index (Phi) is 6.83. The van der Waals surface area contributed by atoms with E-state index in [1.807, 2.05) is 48.7 Å². The average molecular weight is 429 g/mol. The highest BCUT2D eigenvalue weighted by molar-refractivity contribution is 7.10. The number of carbonyl (C=O) groups is 4. The van der Waals surface area contributed by atoms with Gasteiger partial charge in [0.1, 0.15) is 0 Å². The van der Waals surface area contributed by atoms with Crippen LogP contribution in [0.1, 0.15) is 29.8 Å². The maximum absolute atomic E-state index is 12.8. The van der Waals surface area contributed by atoms with Crippen molar-refractivity contribution in [2.24, 2.45) is 5.92 Å². The Morgan fingerprint density at radius 2 is 1.93 bits per heavy atom. The fourth-order valence-corrected chi connectivity index (χ4v) is 4.23. The molecule has 1 aliphatic rings. The highest BCUT2D eigenvalue weighted by atomic mass is 32.1. The summed E-state index contributed by atoms with van der Waals surface area (Å²) in [5.41, 5.74) is 1.76. The minimum Gasteiger partial charge on any atom is -0.455 e. The summed E-state index contributed by atoms with van der Waals surface area (Å²) in [5, 5.41) is 6.37. The lowest BCUT2D eigenvalue weighted by molar-refractivity contribution is -0.152. The number of benzene rings is 1. The van der Waals surface area contributed by atoms with Crippen LogP contribution in [0.15, 0.2) is 41.8 Å². The van der Waals surface area contributed by atoms with Gasteiger partial charge in [0, 0.05) is 23.5 Å². The number of hydrogen-bond acceptors (Lipinski definition) is 6. The second-order valence-electron chi connectivity index (χ2n) is 6.89. The van der Waals surface area contributed by atoms with Gasteiger partial charge in [-0.25, -0.2) is 4.79 Å². The molecule has 8 nitrogen and oxygen atoms in total. The van der Waals surface area contributed by atoms with Crippen LogP contribution >= 0.6 is 11.3 Å². The Labute approximate surface area is 178 Å². The third-order valence-electron chi connectivity index (χ3n) is 4.71. The number of nitrogens with one attached hydrogen (secondary N) is 2. The lowest BCUT2D eigenvalue weighted by Crippen LogP contribution is -2.41. The summed E-state index contributed by atoms with van der Waals surface area (Å²) in [6.45, 7) is 3.44. The molecule has 9 heteroatoms. The molecule has 1 fully saturated rings. The molecule has 2 aromatic rings.